The summed E-state index contributed by atoms with van der Waals surface area (Å²) in [5.74, 6) is 2.81. The van der Waals surface area contributed by atoms with Crippen molar-refractivity contribution in [2.45, 2.75) is 31.7 Å². The van der Waals surface area contributed by atoms with E-state index in [9.17, 15) is 4.79 Å². The number of fused-ring (bicyclic) bond motifs is 1. The molecule has 0 saturated carbocycles. The van der Waals surface area contributed by atoms with Gasteiger partial charge in [0.25, 0.3) is 0 Å². The quantitative estimate of drug-likeness (QED) is 0.571. The van der Waals surface area contributed by atoms with E-state index >= 15 is 0 Å². The minimum Gasteiger partial charge on any atom is -0.494 e. The molecule has 0 amide bonds. The highest BCUT2D eigenvalue weighted by Gasteiger charge is 2.39. The maximum atomic E-state index is 13.6. The Morgan fingerprint density at radius 2 is 1.79 bits per heavy atom. The maximum Gasteiger partial charge on any atom is 0.241 e. The van der Waals surface area contributed by atoms with E-state index < -0.39 is 6.04 Å². The molecule has 1 aliphatic carbocycles. The first kappa shape index (κ1) is 21.8. The molecule has 0 bridgehead atoms. The van der Waals surface area contributed by atoms with Crippen molar-refractivity contribution >= 4 is 17.7 Å². The molecule has 0 unspecified atom stereocenters. The molecule has 5 rings (SSSR count). The Balaban J connectivity index is 1.54. The van der Waals surface area contributed by atoms with Gasteiger partial charge in [-0.25, -0.2) is 4.68 Å². The number of aromatic nitrogens is 3. The number of allylic oxidation sites excluding steroid dienone is 2. The number of carbonyl (C=O) groups excluding carboxylic acids is 1. The van der Waals surface area contributed by atoms with Crippen molar-refractivity contribution in [1.82, 2.24) is 14.8 Å². The predicted octanol–water partition coefficient (Wildman–Crippen LogP) is 3.69. The highest BCUT2D eigenvalue weighted by molar-refractivity contribution is 6.00. The first-order valence-corrected chi connectivity index (χ1v) is 11.2. The summed E-state index contributed by atoms with van der Waals surface area (Å²) >= 11 is 0. The highest BCUT2D eigenvalue weighted by Crippen LogP contribution is 2.45. The minimum absolute atomic E-state index is 0.00800. The first-order valence-electron chi connectivity index (χ1n) is 11.2. The third-order valence-electron chi connectivity index (χ3n) is 6.32. The molecule has 2 aliphatic rings. The normalized spacial score (nSPS) is 19.2. The van der Waals surface area contributed by atoms with E-state index in [1.54, 1.807) is 18.9 Å². The van der Waals surface area contributed by atoms with Crippen molar-refractivity contribution in [3.8, 4) is 17.2 Å². The molecule has 3 N–H and O–H groups in total. The second-order valence-electron chi connectivity index (χ2n) is 8.30. The van der Waals surface area contributed by atoms with Crippen LogP contribution in [0.15, 0.2) is 53.7 Å². The van der Waals surface area contributed by atoms with Crippen LogP contribution in [-0.2, 0) is 4.79 Å². The summed E-state index contributed by atoms with van der Waals surface area (Å²) in [6.45, 7) is 2.53. The van der Waals surface area contributed by atoms with Crippen molar-refractivity contribution in [3.63, 3.8) is 0 Å². The Bertz CT molecular complexity index is 1260. The maximum absolute atomic E-state index is 13.6. The van der Waals surface area contributed by atoms with Gasteiger partial charge in [-0.3, -0.25) is 4.79 Å². The van der Waals surface area contributed by atoms with Gasteiger partial charge in [-0.05, 0) is 54.7 Å². The van der Waals surface area contributed by atoms with E-state index in [2.05, 4.69) is 15.4 Å². The SMILES string of the molecule is CCOc1ccc([C@H]2C3=C(C[C@H](c4ccc(OC)c(OC)c4)CC3=O)Nc3nc(N)nn32)cc1. The number of nitrogen functional groups attached to an aromatic ring is 1. The van der Waals surface area contributed by atoms with Crippen molar-refractivity contribution in [2.24, 2.45) is 0 Å². The Kier molecular flexibility index (Phi) is 5.61. The predicted molar refractivity (Wildman–Crippen MR) is 127 cm³/mol. The van der Waals surface area contributed by atoms with Gasteiger partial charge in [0.15, 0.2) is 17.3 Å². The summed E-state index contributed by atoms with van der Waals surface area (Å²) in [7, 11) is 3.21. The third kappa shape index (κ3) is 3.72. The smallest absolute Gasteiger partial charge is 0.241 e. The molecule has 2 atom stereocenters. The molecular formula is C25H27N5O4. The summed E-state index contributed by atoms with van der Waals surface area (Å²) in [5, 5.41) is 7.70. The number of rotatable bonds is 6. The second kappa shape index (κ2) is 8.74. The lowest BCUT2D eigenvalue weighted by molar-refractivity contribution is -0.116. The fourth-order valence-corrected chi connectivity index (χ4v) is 4.79. The molecule has 0 fully saturated rings. The summed E-state index contributed by atoms with van der Waals surface area (Å²) in [4.78, 5) is 17.9. The lowest BCUT2D eigenvalue weighted by Crippen LogP contribution is -2.33. The van der Waals surface area contributed by atoms with Crippen LogP contribution in [0.5, 0.6) is 17.2 Å². The van der Waals surface area contributed by atoms with Gasteiger partial charge >= 0.3 is 0 Å². The zero-order chi connectivity index (χ0) is 23.8. The van der Waals surface area contributed by atoms with Gasteiger partial charge in [0.05, 0.1) is 20.8 Å². The number of carbonyl (C=O) groups is 1. The van der Waals surface area contributed by atoms with Crippen LogP contribution in [0.4, 0.5) is 11.9 Å². The number of benzene rings is 2. The molecule has 1 aliphatic heterocycles. The number of ether oxygens (including phenoxy) is 3. The van der Waals surface area contributed by atoms with Crippen LogP contribution in [0.2, 0.25) is 0 Å². The molecule has 9 nitrogen and oxygen atoms in total. The van der Waals surface area contributed by atoms with E-state index in [-0.39, 0.29) is 17.6 Å². The van der Waals surface area contributed by atoms with Crippen LogP contribution in [-0.4, -0.2) is 41.4 Å². The van der Waals surface area contributed by atoms with Crippen LogP contribution in [0.25, 0.3) is 0 Å². The summed E-state index contributed by atoms with van der Waals surface area (Å²) < 4.78 is 18.1. The van der Waals surface area contributed by atoms with Gasteiger partial charge in [0.1, 0.15) is 11.8 Å². The molecule has 1 aromatic heterocycles. The van der Waals surface area contributed by atoms with E-state index in [1.165, 1.54) is 0 Å². The largest absolute Gasteiger partial charge is 0.494 e. The number of anilines is 2. The van der Waals surface area contributed by atoms with Crippen molar-refractivity contribution in [1.29, 1.82) is 0 Å². The van der Waals surface area contributed by atoms with Crippen LogP contribution >= 0.6 is 0 Å². The van der Waals surface area contributed by atoms with Crippen LogP contribution < -0.4 is 25.3 Å². The zero-order valence-electron chi connectivity index (χ0n) is 19.4. The first-order chi connectivity index (χ1) is 16.5. The number of nitrogens with two attached hydrogens (primary N) is 1. The average Bonchev–Trinajstić information content (AvgIpc) is 3.22. The Morgan fingerprint density at radius 1 is 1.06 bits per heavy atom. The van der Waals surface area contributed by atoms with E-state index in [4.69, 9.17) is 19.9 Å². The van der Waals surface area contributed by atoms with Gasteiger partial charge < -0.3 is 25.3 Å². The van der Waals surface area contributed by atoms with E-state index in [1.807, 2.05) is 49.4 Å². The zero-order valence-corrected chi connectivity index (χ0v) is 19.4. The van der Waals surface area contributed by atoms with Gasteiger partial charge in [-0.2, -0.15) is 4.98 Å². The van der Waals surface area contributed by atoms with Crippen LogP contribution in [0.1, 0.15) is 42.9 Å². The Morgan fingerprint density at radius 3 is 2.50 bits per heavy atom. The average molecular weight is 462 g/mol. The Labute approximate surface area is 197 Å². The standard InChI is InChI=1S/C25H27N5O4/c1-4-34-17-8-5-14(6-9-17)23-22-18(27-25-28-24(26)29-30(23)25)11-16(12-19(22)31)15-7-10-20(32-2)21(13-15)33-3/h5-10,13,16,23H,4,11-12H2,1-3H3,(H3,26,27,28,29)/t16-,23-/m0/s1. The third-order valence-corrected chi connectivity index (χ3v) is 6.32. The van der Waals surface area contributed by atoms with Crippen LogP contribution in [0.3, 0.4) is 0 Å². The minimum atomic E-state index is -0.411. The molecule has 9 heteroatoms. The molecule has 3 aromatic rings. The van der Waals surface area contributed by atoms with Gasteiger partial charge in [0, 0.05) is 17.7 Å². The number of ketones is 1. The van der Waals surface area contributed by atoms with Gasteiger partial charge in [0.2, 0.25) is 11.9 Å². The van der Waals surface area contributed by atoms with E-state index in [0.717, 1.165) is 22.6 Å². The topological polar surface area (TPSA) is 114 Å². The lowest BCUT2D eigenvalue weighted by Gasteiger charge is -2.35. The second-order valence-corrected chi connectivity index (χ2v) is 8.30. The number of nitrogens with one attached hydrogen (secondary N) is 1. The fraction of sp³-hybridized carbons (Fsp3) is 0.320. The summed E-state index contributed by atoms with van der Waals surface area (Å²) in [6.07, 6.45) is 1.03. The number of methoxy groups -OCH3 is 2. The number of Topliss-reactive ketones (excluding diaryl/α,β-unsaturated/α-hetero) is 1. The molecule has 176 valence electrons. The van der Waals surface area contributed by atoms with Crippen molar-refractivity contribution < 1.29 is 19.0 Å². The molecule has 0 spiro atoms. The van der Waals surface area contributed by atoms with Crippen LogP contribution in [0, 0.1) is 0 Å². The summed E-state index contributed by atoms with van der Waals surface area (Å²) in [6, 6.07) is 13.1. The molecule has 34 heavy (non-hydrogen) atoms. The van der Waals surface area contributed by atoms with Gasteiger partial charge in [-0.15, -0.1) is 5.10 Å². The number of hydrogen-bond acceptors (Lipinski definition) is 8. The fourth-order valence-electron chi connectivity index (χ4n) is 4.79. The van der Waals surface area contributed by atoms with E-state index in [0.29, 0.717) is 42.5 Å². The molecule has 2 aromatic carbocycles. The monoisotopic (exact) mass is 461 g/mol. The number of hydrogen-bond donors (Lipinski definition) is 2. The highest BCUT2D eigenvalue weighted by atomic mass is 16.5. The Hall–Kier alpha value is -4.01. The number of nitrogens with zero attached hydrogens (tertiary/aromatic N) is 3. The molecule has 0 saturated heterocycles. The lowest BCUT2D eigenvalue weighted by atomic mass is 9.78. The molecular weight excluding hydrogens is 434 g/mol. The van der Waals surface area contributed by atoms with Crippen molar-refractivity contribution in [3.05, 3.63) is 64.9 Å². The molecule has 2 heterocycles. The summed E-state index contributed by atoms with van der Waals surface area (Å²) in [5.41, 5.74) is 9.40. The van der Waals surface area contributed by atoms with Crippen molar-refractivity contribution in [2.75, 3.05) is 31.9 Å². The van der Waals surface area contributed by atoms with Gasteiger partial charge in [-0.1, -0.05) is 18.2 Å². The molecule has 0 radical (unpaired) electrons.